The Morgan fingerprint density at radius 2 is 2.09 bits per heavy atom. The van der Waals surface area contributed by atoms with Gasteiger partial charge < -0.3 is 15.1 Å². The van der Waals surface area contributed by atoms with E-state index < -0.39 is 6.10 Å². The topological polar surface area (TPSA) is 64.0 Å². The van der Waals surface area contributed by atoms with E-state index in [2.05, 4.69) is 4.90 Å². The summed E-state index contributed by atoms with van der Waals surface area (Å²) in [5.41, 5.74) is 0.865. The smallest absolute Gasteiger partial charge is 0.246 e. The molecule has 1 aromatic rings. The quantitative estimate of drug-likeness (QED) is 0.814. The minimum Gasteiger partial charge on any atom is -0.392 e. The molecule has 2 fully saturated rings. The zero-order chi connectivity index (χ0) is 16.2. The van der Waals surface area contributed by atoms with Crippen LogP contribution in [0.2, 0.25) is 0 Å². The molecule has 0 radical (unpaired) electrons. The molecule has 3 heterocycles. The Hall–Kier alpha value is -1.21. The Bertz CT molecular complexity index is 566. The number of amides is 1. The second-order valence-corrected chi connectivity index (χ2v) is 7.27. The van der Waals surface area contributed by atoms with Crippen LogP contribution in [0.3, 0.4) is 0 Å². The van der Waals surface area contributed by atoms with Crippen molar-refractivity contribution in [2.45, 2.75) is 38.0 Å². The van der Waals surface area contributed by atoms with Gasteiger partial charge in [-0.05, 0) is 49.0 Å². The first-order chi connectivity index (χ1) is 11.2. The van der Waals surface area contributed by atoms with Crippen LogP contribution in [0, 0.1) is 0 Å². The molecule has 2 aliphatic heterocycles. The van der Waals surface area contributed by atoms with Gasteiger partial charge in [0, 0.05) is 24.0 Å². The van der Waals surface area contributed by atoms with Gasteiger partial charge in [0.15, 0.2) is 0 Å². The van der Waals surface area contributed by atoms with E-state index in [1.165, 1.54) is 30.6 Å². The molecule has 2 aliphatic rings. The molecule has 0 saturated carbocycles. The van der Waals surface area contributed by atoms with E-state index in [0.717, 1.165) is 23.5 Å². The van der Waals surface area contributed by atoms with E-state index in [9.17, 15) is 9.90 Å². The number of aliphatic hydroxyl groups is 2. The van der Waals surface area contributed by atoms with Crippen LogP contribution in [-0.4, -0.2) is 64.2 Å². The third-order valence-electron chi connectivity index (χ3n) is 4.68. The molecule has 126 valence electrons. The maximum absolute atomic E-state index is 12.3. The molecular formula is C17H24N2O3S. The predicted octanol–water partition coefficient (Wildman–Crippen LogP) is 1.31. The van der Waals surface area contributed by atoms with Crippen LogP contribution >= 0.6 is 11.3 Å². The van der Waals surface area contributed by atoms with Gasteiger partial charge in [-0.3, -0.25) is 9.69 Å². The maximum Gasteiger partial charge on any atom is 0.246 e. The summed E-state index contributed by atoms with van der Waals surface area (Å²) in [6.07, 6.45) is 6.53. The first-order valence-corrected chi connectivity index (χ1v) is 9.12. The molecule has 2 N–H and O–H groups in total. The molecule has 1 amide bonds. The first kappa shape index (κ1) is 16.6. The van der Waals surface area contributed by atoms with E-state index in [4.69, 9.17) is 5.11 Å². The lowest BCUT2D eigenvalue weighted by Gasteiger charge is -2.33. The Morgan fingerprint density at radius 3 is 2.78 bits per heavy atom. The summed E-state index contributed by atoms with van der Waals surface area (Å²) in [4.78, 5) is 17.4. The van der Waals surface area contributed by atoms with Crippen LogP contribution in [0.25, 0.3) is 6.08 Å². The minimum absolute atomic E-state index is 0.0219. The van der Waals surface area contributed by atoms with Crippen LogP contribution in [-0.2, 0) is 11.4 Å². The van der Waals surface area contributed by atoms with Gasteiger partial charge in [0.05, 0.1) is 18.8 Å². The van der Waals surface area contributed by atoms with E-state index in [1.807, 2.05) is 11.4 Å². The van der Waals surface area contributed by atoms with Crippen LogP contribution in [0.4, 0.5) is 0 Å². The van der Waals surface area contributed by atoms with Gasteiger partial charge in [0.1, 0.15) is 0 Å². The van der Waals surface area contributed by atoms with Crippen molar-refractivity contribution < 1.29 is 15.0 Å². The summed E-state index contributed by atoms with van der Waals surface area (Å²) in [7, 11) is 0. The number of hydrogen-bond acceptors (Lipinski definition) is 5. The molecule has 3 rings (SSSR count). The molecular weight excluding hydrogens is 312 g/mol. The molecule has 1 aromatic heterocycles. The average Bonchev–Trinajstić information content (AvgIpc) is 3.20. The van der Waals surface area contributed by atoms with E-state index in [-0.39, 0.29) is 18.6 Å². The number of nitrogens with zero attached hydrogens (tertiary/aromatic N) is 2. The Morgan fingerprint density at radius 1 is 1.30 bits per heavy atom. The molecule has 0 aliphatic carbocycles. The fourth-order valence-corrected chi connectivity index (χ4v) is 4.18. The van der Waals surface area contributed by atoms with Gasteiger partial charge in [-0.15, -0.1) is 11.3 Å². The van der Waals surface area contributed by atoms with Crippen molar-refractivity contribution in [1.82, 2.24) is 9.80 Å². The minimum atomic E-state index is -0.451. The summed E-state index contributed by atoms with van der Waals surface area (Å²) in [5, 5.41) is 21.2. The van der Waals surface area contributed by atoms with Gasteiger partial charge in [-0.25, -0.2) is 0 Å². The SMILES string of the molecule is O=C(/C=C/c1cc(CO)cs1)N1C[C@H](O)[C@@H](N2CCCCC2)C1. The summed E-state index contributed by atoms with van der Waals surface area (Å²) in [5.74, 6) is -0.0532. The van der Waals surface area contributed by atoms with Crippen molar-refractivity contribution in [3.63, 3.8) is 0 Å². The number of aliphatic hydroxyl groups excluding tert-OH is 2. The zero-order valence-electron chi connectivity index (χ0n) is 13.2. The lowest BCUT2D eigenvalue weighted by Crippen LogP contribution is -2.45. The second kappa shape index (κ2) is 7.57. The molecule has 0 aromatic carbocycles. The fraction of sp³-hybridized carbons (Fsp3) is 0.588. The summed E-state index contributed by atoms with van der Waals surface area (Å²) >= 11 is 1.51. The van der Waals surface area contributed by atoms with E-state index in [1.54, 1.807) is 17.1 Å². The lowest BCUT2D eigenvalue weighted by atomic mass is 10.1. The van der Waals surface area contributed by atoms with Gasteiger partial charge in [-0.1, -0.05) is 6.42 Å². The van der Waals surface area contributed by atoms with Crippen LogP contribution in [0.5, 0.6) is 0 Å². The summed E-state index contributed by atoms with van der Waals surface area (Å²) in [6, 6.07) is 1.96. The molecule has 2 atom stereocenters. The molecule has 2 saturated heterocycles. The van der Waals surface area contributed by atoms with E-state index >= 15 is 0 Å². The van der Waals surface area contributed by atoms with Crippen molar-refractivity contribution in [3.05, 3.63) is 28.0 Å². The molecule has 0 bridgehead atoms. The van der Waals surface area contributed by atoms with Crippen molar-refractivity contribution in [1.29, 1.82) is 0 Å². The highest BCUT2D eigenvalue weighted by Gasteiger charge is 2.37. The van der Waals surface area contributed by atoms with Crippen molar-refractivity contribution in [3.8, 4) is 0 Å². The van der Waals surface area contributed by atoms with Crippen molar-refractivity contribution in [2.24, 2.45) is 0 Å². The monoisotopic (exact) mass is 336 g/mol. The zero-order valence-corrected chi connectivity index (χ0v) is 14.0. The number of thiophene rings is 1. The highest BCUT2D eigenvalue weighted by atomic mass is 32.1. The predicted molar refractivity (Wildman–Crippen MR) is 91.1 cm³/mol. The van der Waals surface area contributed by atoms with Crippen molar-refractivity contribution >= 4 is 23.3 Å². The highest BCUT2D eigenvalue weighted by Crippen LogP contribution is 2.21. The second-order valence-electron chi connectivity index (χ2n) is 6.32. The van der Waals surface area contributed by atoms with Gasteiger partial charge >= 0.3 is 0 Å². The van der Waals surface area contributed by atoms with Crippen LogP contribution < -0.4 is 0 Å². The Balaban J connectivity index is 1.57. The Labute approximate surface area is 140 Å². The largest absolute Gasteiger partial charge is 0.392 e. The maximum atomic E-state index is 12.3. The number of piperidine rings is 1. The summed E-state index contributed by atoms with van der Waals surface area (Å²) < 4.78 is 0. The lowest BCUT2D eigenvalue weighted by molar-refractivity contribution is -0.125. The van der Waals surface area contributed by atoms with Gasteiger partial charge in [0.2, 0.25) is 5.91 Å². The average molecular weight is 336 g/mol. The Kier molecular flexibility index (Phi) is 5.48. The molecule has 0 unspecified atom stereocenters. The fourth-order valence-electron chi connectivity index (χ4n) is 3.38. The van der Waals surface area contributed by atoms with Crippen molar-refractivity contribution in [2.75, 3.05) is 26.2 Å². The van der Waals surface area contributed by atoms with Crippen LogP contribution in [0.15, 0.2) is 17.5 Å². The van der Waals surface area contributed by atoms with Crippen LogP contribution in [0.1, 0.15) is 29.7 Å². The first-order valence-electron chi connectivity index (χ1n) is 8.25. The number of carbonyl (C=O) groups is 1. The molecule has 5 nitrogen and oxygen atoms in total. The third-order valence-corrected chi connectivity index (χ3v) is 5.62. The number of hydrogen-bond donors (Lipinski definition) is 2. The molecule has 6 heteroatoms. The summed E-state index contributed by atoms with van der Waals surface area (Å²) in [6.45, 7) is 3.10. The van der Waals surface area contributed by atoms with E-state index in [0.29, 0.717) is 13.1 Å². The molecule has 23 heavy (non-hydrogen) atoms. The number of likely N-dealkylation sites (tertiary alicyclic amines) is 2. The van der Waals surface area contributed by atoms with Gasteiger partial charge in [0.25, 0.3) is 0 Å². The van der Waals surface area contributed by atoms with Gasteiger partial charge in [-0.2, -0.15) is 0 Å². The normalized spacial score (nSPS) is 26.3. The number of rotatable bonds is 4. The number of carbonyl (C=O) groups excluding carboxylic acids is 1. The third kappa shape index (κ3) is 4.01. The highest BCUT2D eigenvalue weighted by molar-refractivity contribution is 7.11. The standard InChI is InChI=1S/C17H24N2O3S/c20-11-13-8-14(23-12-13)4-5-17(22)19-9-15(16(21)10-19)18-6-2-1-3-7-18/h4-5,8,12,15-16,20-21H,1-3,6-7,9-11H2/b5-4+/t15-,16-/m0/s1. The number of β-amino-alcohol motifs (C(OH)–C–C–N with tert-alkyl or cyclic N) is 1. The molecule has 0 spiro atoms.